The van der Waals surface area contributed by atoms with E-state index < -0.39 is 93.9 Å². The number of hydrogen-bond acceptors (Lipinski definition) is 12. The standard InChI is InChI=1S/C41H52O11S/c1-22(29-13-11-12-14-30(29)53-10)20-41(47)23(2)19-33(50-26(5)43)39(9)32(41)17-18-38(8)31-15-16-34(46)48-21-40(31,24(3)49-25(4)42)37(52-28(7)45)35(36(38)39)51-27(6)44/h11-16,19-20,24,31-33,35-37,47H,17-18,21H2,1-10H3/b22-20-/t24?,31?,32?,33-,35?,36?,37+,38+,39-,40-,41+/m1/s1. The third-order valence-electron chi connectivity index (χ3n) is 12.6. The fraction of sp³-hybridized carbons (Fsp3) is 0.585. The lowest BCUT2D eigenvalue weighted by Crippen LogP contribution is -2.76. The van der Waals surface area contributed by atoms with Crippen molar-refractivity contribution in [3.63, 3.8) is 0 Å². The maximum absolute atomic E-state index is 13.2. The van der Waals surface area contributed by atoms with E-state index in [-0.39, 0.29) is 6.61 Å². The Morgan fingerprint density at radius 3 is 2.23 bits per heavy atom. The average molecular weight is 753 g/mol. The second-order valence-corrected chi connectivity index (χ2v) is 16.4. The molecule has 0 amide bonds. The Morgan fingerprint density at radius 2 is 1.62 bits per heavy atom. The number of cyclic esters (lactones) is 1. The van der Waals surface area contributed by atoms with Crippen molar-refractivity contribution in [3.05, 3.63) is 59.7 Å². The lowest BCUT2D eigenvalue weighted by atomic mass is 9.36. The summed E-state index contributed by atoms with van der Waals surface area (Å²) >= 11 is 1.60. The van der Waals surface area contributed by atoms with Crippen LogP contribution in [0.2, 0.25) is 0 Å². The highest BCUT2D eigenvalue weighted by molar-refractivity contribution is 7.98. The fourth-order valence-corrected chi connectivity index (χ4v) is 11.3. The van der Waals surface area contributed by atoms with E-state index in [0.717, 1.165) is 16.0 Å². The molecule has 1 N–H and O–H groups in total. The summed E-state index contributed by atoms with van der Waals surface area (Å²) in [6.07, 6.45) is 5.10. The normalized spacial score (nSPS) is 36.9. The molecule has 5 rings (SSSR count). The van der Waals surface area contributed by atoms with Gasteiger partial charge in [0, 0.05) is 55.9 Å². The van der Waals surface area contributed by atoms with Crippen LogP contribution in [0, 0.1) is 34.0 Å². The molecule has 1 heterocycles. The minimum Gasteiger partial charge on any atom is -0.462 e. The lowest BCUT2D eigenvalue weighted by Gasteiger charge is -2.70. The molecular formula is C41H52O11S. The number of fused-ring (bicyclic) bond motifs is 5. The van der Waals surface area contributed by atoms with Crippen LogP contribution in [0.15, 0.2) is 59.0 Å². The van der Waals surface area contributed by atoms with Crippen molar-refractivity contribution in [2.45, 2.75) is 110 Å². The van der Waals surface area contributed by atoms with Crippen molar-refractivity contribution in [2.24, 2.45) is 34.0 Å². The smallest absolute Gasteiger partial charge is 0.330 e. The van der Waals surface area contributed by atoms with Crippen LogP contribution in [-0.4, -0.2) is 77.8 Å². The van der Waals surface area contributed by atoms with Crippen LogP contribution in [0.1, 0.15) is 80.7 Å². The van der Waals surface area contributed by atoms with Gasteiger partial charge in [-0.1, -0.05) is 38.1 Å². The maximum Gasteiger partial charge on any atom is 0.330 e. The number of ether oxygens (including phenoxy) is 5. The number of esters is 5. The van der Waals surface area contributed by atoms with E-state index in [9.17, 15) is 29.1 Å². The Bertz CT molecular complexity index is 1760. The largest absolute Gasteiger partial charge is 0.462 e. The zero-order valence-corrected chi connectivity index (χ0v) is 33.0. The molecule has 1 aromatic rings. The zero-order valence-electron chi connectivity index (χ0n) is 32.2. The first-order valence-electron chi connectivity index (χ1n) is 18.0. The topological polar surface area (TPSA) is 152 Å². The molecule has 0 radical (unpaired) electrons. The Labute approximate surface area is 315 Å². The predicted molar refractivity (Wildman–Crippen MR) is 197 cm³/mol. The minimum absolute atomic E-state index is 0.316. The van der Waals surface area contributed by atoms with E-state index in [1.807, 2.05) is 64.3 Å². The number of rotatable bonds is 8. The number of benzene rings is 1. The van der Waals surface area contributed by atoms with Gasteiger partial charge in [0.05, 0.1) is 5.41 Å². The second kappa shape index (κ2) is 14.7. The van der Waals surface area contributed by atoms with Crippen molar-refractivity contribution < 1.29 is 52.8 Å². The molecule has 3 aliphatic carbocycles. The Morgan fingerprint density at radius 1 is 0.981 bits per heavy atom. The van der Waals surface area contributed by atoms with Gasteiger partial charge in [0.25, 0.3) is 0 Å². The van der Waals surface area contributed by atoms with Gasteiger partial charge in [-0.25, -0.2) is 4.79 Å². The van der Waals surface area contributed by atoms with Crippen LogP contribution in [-0.2, 0) is 47.7 Å². The highest BCUT2D eigenvalue weighted by Gasteiger charge is 2.76. The first-order valence-corrected chi connectivity index (χ1v) is 19.3. The first kappa shape index (κ1) is 40.3. The Balaban J connectivity index is 1.84. The van der Waals surface area contributed by atoms with E-state index in [4.69, 9.17) is 23.7 Å². The van der Waals surface area contributed by atoms with Gasteiger partial charge in [0.15, 0.2) is 6.10 Å². The van der Waals surface area contributed by atoms with Gasteiger partial charge < -0.3 is 28.8 Å². The van der Waals surface area contributed by atoms with Gasteiger partial charge in [-0.15, -0.1) is 11.8 Å². The molecule has 12 heteroatoms. The van der Waals surface area contributed by atoms with Crippen LogP contribution in [0.4, 0.5) is 0 Å². The summed E-state index contributed by atoms with van der Waals surface area (Å²) in [5.41, 5.74) is -2.65. The van der Waals surface area contributed by atoms with Crippen molar-refractivity contribution in [1.29, 1.82) is 0 Å². The molecule has 11 atom stereocenters. The van der Waals surface area contributed by atoms with Gasteiger partial charge in [-0.2, -0.15) is 0 Å². The summed E-state index contributed by atoms with van der Waals surface area (Å²) in [5.74, 6) is -5.18. The number of carbonyl (C=O) groups is 5. The lowest BCUT2D eigenvalue weighted by molar-refractivity contribution is -0.301. The van der Waals surface area contributed by atoms with Gasteiger partial charge in [0.1, 0.15) is 30.5 Å². The van der Waals surface area contributed by atoms with Gasteiger partial charge in [-0.05, 0) is 86.1 Å². The number of hydrogen-bond donors (Lipinski definition) is 1. The molecule has 2 fully saturated rings. The molecular weight excluding hydrogens is 701 g/mol. The summed E-state index contributed by atoms with van der Waals surface area (Å²) in [6.45, 7) is 14.2. The molecule has 288 valence electrons. The zero-order chi connectivity index (χ0) is 39.3. The van der Waals surface area contributed by atoms with Crippen molar-refractivity contribution in [1.82, 2.24) is 0 Å². The van der Waals surface area contributed by atoms with Crippen LogP contribution >= 0.6 is 11.8 Å². The van der Waals surface area contributed by atoms with E-state index in [0.29, 0.717) is 18.4 Å². The molecule has 5 unspecified atom stereocenters. The summed E-state index contributed by atoms with van der Waals surface area (Å²) in [6, 6.07) is 7.95. The molecule has 0 aromatic heterocycles. The molecule has 1 aromatic carbocycles. The number of thioether (sulfide) groups is 1. The van der Waals surface area contributed by atoms with Gasteiger partial charge in [-0.3, -0.25) is 19.2 Å². The highest BCUT2D eigenvalue weighted by atomic mass is 32.2. The third-order valence-corrected chi connectivity index (χ3v) is 13.4. The van der Waals surface area contributed by atoms with E-state index in [1.165, 1.54) is 33.8 Å². The molecule has 53 heavy (non-hydrogen) atoms. The third kappa shape index (κ3) is 6.75. The van der Waals surface area contributed by atoms with Gasteiger partial charge >= 0.3 is 29.8 Å². The van der Waals surface area contributed by atoms with Crippen LogP contribution in [0.25, 0.3) is 5.57 Å². The maximum atomic E-state index is 13.2. The summed E-state index contributed by atoms with van der Waals surface area (Å²) in [5, 5.41) is 13.1. The van der Waals surface area contributed by atoms with Crippen molar-refractivity contribution >= 4 is 47.2 Å². The fourth-order valence-electron chi connectivity index (χ4n) is 10.6. The first-order chi connectivity index (χ1) is 24.8. The minimum atomic E-state index is -1.56. The summed E-state index contributed by atoms with van der Waals surface area (Å²) < 4.78 is 30.3. The van der Waals surface area contributed by atoms with Gasteiger partial charge in [0.2, 0.25) is 0 Å². The average Bonchev–Trinajstić information content (AvgIpc) is 3.24. The summed E-state index contributed by atoms with van der Waals surface area (Å²) in [4.78, 5) is 65.8. The highest BCUT2D eigenvalue weighted by Crippen LogP contribution is 2.72. The Kier molecular flexibility index (Phi) is 11.2. The van der Waals surface area contributed by atoms with Crippen LogP contribution in [0.5, 0.6) is 0 Å². The number of aliphatic hydroxyl groups is 1. The molecule has 2 saturated carbocycles. The number of carbonyl (C=O) groups excluding carboxylic acids is 5. The van der Waals surface area contributed by atoms with Crippen molar-refractivity contribution in [2.75, 3.05) is 12.9 Å². The Hall–Kier alpha value is -3.90. The second-order valence-electron chi connectivity index (χ2n) is 15.6. The summed E-state index contributed by atoms with van der Waals surface area (Å²) in [7, 11) is 0. The molecule has 4 aliphatic rings. The molecule has 0 bridgehead atoms. The van der Waals surface area contributed by atoms with E-state index in [1.54, 1.807) is 30.8 Å². The molecule has 11 nitrogen and oxygen atoms in total. The monoisotopic (exact) mass is 752 g/mol. The molecule has 0 saturated heterocycles. The van der Waals surface area contributed by atoms with Crippen LogP contribution < -0.4 is 0 Å². The van der Waals surface area contributed by atoms with E-state index in [2.05, 4.69) is 0 Å². The number of allylic oxidation sites excluding steroid dienone is 2. The molecule has 1 aliphatic heterocycles. The SMILES string of the molecule is CSc1ccccc1/C(C)=C\[C@]1(O)C(C)=C[C@@H](OC(C)=O)[C@]2(C)C3C(OC(C)=O)[C@H](OC(C)=O)[C@@]4(C(C)OC(C)=O)COC(=O)C=CC4[C@]3(C)CCC21. The predicted octanol–water partition coefficient (Wildman–Crippen LogP) is 6.02. The molecule has 0 spiro atoms. The van der Waals surface area contributed by atoms with Crippen LogP contribution in [0.3, 0.4) is 0 Å². The quantitative estimate of drug-likeness (QED) is 0.143. The van der Waals surface area contributed by atoms with Crippen molar-refractivity contribution in [3.8, 4) is 0 Å². The van der Waals surface area contributed by atoms with E-state index >= 15 is 0 Å².